The number of hydrogen-bond donors (Lipinski definition) is 2. The molecule has 0 unspecified atom stereocenters. The van der Waals surface area contributed by atoms with Crippen molar-refractivity contribution in [2.75, 3.05) is 50.7 Å². The van der Waals surface area contributed by atoms with Crippen molar-refractivity contribution in [3.8, 4) is 0 Å². The maximum Gasteiger partial charge on any atom is 0.490 e. The summed E-state index contributed by atoms with van der Waals surface area (Å²) in [6.07, 6.45) is -0.300. The van der Waals surface area contributed by atoms with E-state index in [1.54, 1.807) is 12.1 Å². The minimum absolute atomic E-state index is 0.0877. The Balaban J connectivity index is 0.000000333. The monoisotopic (exact) mass is 587 g/mol. The molecule has 0 radical (unpaired) electrons. The average molecular weight is 588 g/mol. The maximum atomic E-state index is 14.0. The minimum Gasteiger partial charge on any atom is -0.475 e. The van der Waals surface area contributed by atoms with Gasteiger partial charge in [-0.1, -0.05) is 18.6 Å². The number of nitrogens with zero attached hydrogens (tertiary/aromatic N) is 3. The molecule has 3 aliphatic rings. The van der Waals surface area contributed by atoms with E-state index in [4.69, 9.17) is 19.8 Å². The third kappa shape index (κ3) is 11.1. The van der Waals surface area contributed by atoms with Crippen molar-refractivity contribution in [1.82, 2.24) is 9.80 Å². The number of carboxylic acid groups (broad SMARTS) is 2. The molecule has 3 aliphatic heterocycles. The van der Waals surface area contributed by atoms with Gasteiger partial charge >= 0.3 is 24.3 Å². The number of alkyl halides is 6. The largest absolute Gasteiger partial charge is 0.490 e. The number of piperazine rings is 1. The van der Waals surface area contributed by atoms with Crippen molar-refractivity contribution in [2.24, 2.45) is 5.92 Å². The van der Waals surface area contributed by atoms with Crippen molar-refractivity contribution in [1.29, 1.82) is 0 Å². The molecule has 0 aromatic heterocycles. The van der Waals surface area contributed by atoms with Gasteiger partial charge in [0.15, 0.2) is 0 Å². The van der Waals surface area contributed by atoms with Crippen LogP contribution in [0.25, 0.3) is 0 Å². The van der Waals surface area contributed by atoms with Gasteiger partial charge in [-0.05, 0) is 76.2 Å². The summed E-state index contributed by atoms with van der Waals surface area (Å²) in [5.74, 6) is -4.67. The van der Waals surface area contributed by atoms with Crippen LogP contribution in [0.2, 0.25) is 0 Å². The summed E-state index contributed by atoms with van der Waals surface area (Å²) >= 11 is 0. The molecule has 0 aliphatic carbocycles. The number of rotatable bonds is 5. The normalized spacial score (nSPS) is 22.2. The van der Waals surface area contributed by atoms with Gasteiger partial charge in [-0.15, -0.1) is 0 Å². The molecule has 1 aromatic carbocycles. The molecule has 14 heteroatoms. The van der Waals surface area contributed by atoms with Crippen molar-refractivity contribution >= 4 is 17.6 Å². The summed E-state index contributed by atoms with van der Waals surface area (Å²) in [7, 11) is 0. The van der Waals surface area contributed by atoms with E-state index in [2.05, 4.69) is 14.7 Å². The van der Waals surface area contributed by atoms with Gasteiger partial charge in [0.05, 0.1) is 5.69 Å². The number of hydrogen-bond acceptors (Lipinski definition) is 5. The van der Waals surface area contributed by atoms with E-state index in [0.29, 0.717) is 0 Å². The van der Waals surface area contributed by atoms with E-state index >= 15 is 0 Å². The highest BCUT2D eigenvalue weighted by Crippen LogP contribution is 2.33. The van der Waals surface area contributed by atoms with Crippen molar-refractivity contribution < 1.29 is 50.5 Å². The third-order valence-corrected chi connectivity index (χ3v) is 7.33. The second-order valence-electron chi connectivity index (χ2n) is 10.0. The zero-order chi connectivity index (χ0) is 29.9. The first-order chi connectivity index (χ1) is 18.7. The first-order valence-corrected chi connectivity index (χ1v) is 13.3. The smallest absolute Gasteiger partial charge is 0.475 e. The molecule has 3 saturated heterocycles. The molecule has 4 rings (SSSR count). The average Bonchev–Trinajstić information content (AvgIpc) is 2.89. The van der Waals surface area contributed by atoms with Crippen LogP contribution in [0.5, 0.6) is 0 Å². The lowest BCUT2D eigenvalue weighted by molar-refractivity contribution is -0.193. The Morgan fingerprint density at radius 2 is 1.35 bits per heavy atom. The van der Waals surface area contributed by atoms with Gasteiger partial charge in [0, 0.05) is 32.2 Å². The predicted molar refractivity (Wildman–Crippen MR) is 134 cm³/mol. The highest BCUT2D eigenvalue weighted by atomic mass is 19.4. The molecule has 3 heterocycles. The summed E-state index contributed by atoms with van der Waals surface area (Å²) < 4.78 is 77.4. The number of aliphatic carboxylic acids is 2. The maximum absolute atomic E-state index is 14.0. The van der Waals surface area contributed by atoms with Gasteiger partial charge in [-0.25, -0.2) is 14.0 Å². The van der Waals surface area contributed by atoms with Gasteiger partial charge in [0.1, 0.15) is 5.82 Å². The summed E-state index contributed by atoms with van der Waals surface area (Å²) in [6.45, 7) is 7.93. The number of fused-ring (bicyclic) bond motifs is 1. The Hall–Kier alpha value is -2.61. The molecule has 2 atom stereocenters. The number of piperidine rings is 2. The SMILES string of the molecule is Fc1ccccc1N1CCN(CCC[C@@H]2CCCN3CCCC[C@H]23)CC1.O=C(O)C(F)(F)F.O=C(O)C(F)(F)F. The second kappa shape index (κ2) is 15.4. The molecule has 2 N–H and O–H groups in total. The van der Waals surface area contributed by atoms with Crippen molar-refractivity contribution in [3.05, 3.63) is 30.1 Å². The molecule has 0 spiro atoms. The van der Waals surface area contributed by atoms with Gasteiger partial charge in [0.25, 0.3) is 0 Å². The summed E-state index contributed by atoms with van der Waals surface area (Å²) in [4.78, 5) is 25.4. The van der Waals surface area contributed by atoms with Gasteiger partial charge in [-0.3, -0.25) is 4.90 Å². The van der Waals surface area contributed by atoms with Crippen LogP contribution in [-0.4, -0.2) is 96.2 Å². The fraction of sp³-hybridized carbons (Fsp3) is 0.692. The number of carboxylic acids is 2. The lowest BCUT2D eigenvalue weighted by Gasteiger charge is -2.44. The number of anilines is 1. The zero-order valence-electron chi connectivity index (χ0n) is 22.1. The highest BCUT2D eigenvalue weighted by Gasteiger charge is 2.39. The van der Waals surface area contributed by atoms with E-state index in [9.17, 15) is 30.7 Å². The van der Waals surface area contributed by atoms with Crippen LogP contribution in [0.15, 0.2) is 24.3 Å². The van der Waals surface area contributed by atoms with Crippen LogP contribution in [0.1, 0.15) is 44.9 Å². The van der Waals surface area contributed by atoms with Gasteiger partial charge < -0.3 is 20.0 Å². The van der Waals surface area contributed by atoms with Crippen LogP contribution >= 0.6 is 0 Å². The zero-order valence-corrected chi connectivity index (χ0v) is 22.1. The number of halogens is 7. The molecule has 3 fully saturated rings. The lowest BCUT2D eigenvalue weighted by Crippen LogP contribution is -2.48. The number of benzene rings is 1. The number of carbonyl (C=O) groups is 2. The van der Waals surface area contributed by atoms with Crippen LogP contribution in [0.4, 0.5) is 36.4 Å². The second-order valence-corrected chi connectivity index (χ2v) is 10.0. The predicted octanol–water partition coefficient (Wildman–Crippen LogP) is 5.26. The Morgan fingerprint density at radius 1 is 0.800 bits per heavy atom. The van der Waals surface area contributed by atoms with Crippen LogP contribution < -0.4 is 4.90 Å². The Bertz CT molecular complexity index is 912. The summed E-state index contributed by atoms with van der Waals surface area (Å²) in [6, 6.07) is 8.07. The molecule has 0 saturated carbocycles. The van der Waals surface area contributed by atoms with E-state index in [1.165, 1.54) is 64.6 Å². The molecular weight excluding hydrogens is 551 g/mol. The fourth-order valence-electron chi connectivity index (χ4n) is 5.41. The lowest BCUT2D eigenvalue weighted by atomic mass is 9.81. The quantitative estimate of drug-likeness (QED) is 0.455. The molecule has 40 heavy (non-hydrogen) atoms. The topological polar surface area (TPSA) is 84.3 Å². The van der Waals surface area contributed by atoms with E-state index in [-0.39, 0.29) is 5.82 Å². The van der Waals surface area contributed by atoms with E-state index < -0.39 is 24.3 Å². The molecule has 0 bridgehead atoms. The minimum atomic E-state index is -5.08. The first-order valence-electron chi connectivity index (χ1n) is 13.3. The standard InChI is InChI=1S/C22H34FN3.2C2HF3O2/c23-20-9-1-2-11-22(20)26-17-15-24(16-18-26)12-5-7-19-8-6-14-25-13-4-3-10-21(19)25;2*3-2(4,5)1(6)7/h1-2,9,11,19,21H,3-8,10,12-18H2;2*(H,6,7)/t19-,21-;;/m1../s1. The van der Waals surface area contributed by atoms with Crippen molar-refractivity contribution in [3.63, 3.8) is 0 Å². The van der Waals surface area contributed by atoms with Crippen molar-refractivity contribution in [2.45, 2.75) is 63.3 Å². The fourth-order valence-corrected chi connectivity index (χ4v) is 5.41. The van der Waals surface area contributed by atoms with Crippen LogP contribution in [-0.2, 0) is 9.59 Å². The summed E-state index contributed by atoms with van der Waals surface area (Å²) in [5, 5.41) is 14.2. The van der Waals surface area contributed by atoms with Crippen LogP contribution in [0.3, 0.4) is 0 Å². The third-order valence-electron chi connectivity index (χ3n) is 7.33. The molecule has 0 amide bonds. The first kappa shape index (κ1) is 33.6. The Labute approximate surface area is 228 Å². The molecule has 1 aromatic rings. The molecular formula is C26H36F7N3O4. The van der Waals surface area contributed by atoms with Gasteiger partial charge in [-0.2, -0.15) is 26.3 Å². The summed E-state index contributed by atoms with van der Waals surface area (Å²) in [5.41, 5.74) is 0.770. The Kier molecular flexibility index (Phi) is 12.9. The highest BCUT2D eigenvalue weighted by molar-refractivity contribution is 5.73. The van der Waals surface area contributed by atoms with Crippen LogP contribution in [0, 0.1) is 11.7 Å². The Morgan fingerprint density at radius 3 is 1.90 bits per heavy atom. The van der Waals surface area contributed by atoms with E-state index in [1.807, 2.05) is 12.1 Å². The number of para-hydroxylation sites is 1. The van der Waals surface area contributed by atoms with Gasteiger partial charge in [0.2, 0.25) is 0 Å². The van der Waals surface area contributed by atoms with E-state index in [0.717, 1.165) is 43.8 Å². The molecule has 228 valence electrons. The molecule has 7 nitrogen and oxygen atoms in total.